The van der Waals surface area contributed by atoms with Gasteiger partial charge in [0.15, 0.2) is 0 Å². The maximum atomic E-state index is 14.2. The molecule has 5 unspecified atom stereocenters. The number of nitriles is 1. The summed E-state index contributed by atoms with van der Waals surface area (Å²) in [7, 11) is 0. The molecule has 1 aromatic rings. The number of fused-ring (bicyclic) bond motifs is 3. The van der Waals surface area contributed by atoms with E-state index in [2.05, 4.69) is 6.07 Å². The van der Waals surface area contributed by atoms with Crippen molar-refractivity contribution in [3.63, 3.8) is 0 Å². The van der Waals surface area contributed by atoms with Crippen LogP contribution < -0.4 is 5.73 Å². The van der Waals surface area contributed by atoms with Crippen molar-refractivity contribution in [3.8, 4) is 6.07 Å². The Morgan fingerprint density at radius 3 is 2.80 bits per heavy atom. The number of piperazine rings is 1. The van der Waals surface area contributed by atoms with Crippen molar-refractivity contribution < 1.29 is 14.0 Å². The fourth-order valence-electron chi connectivity index (χ4n) is 5.77. The quantitative estimate of drug-likeness (QED) is 0.781. The molecule has 2 amide bonds. The minimum absolute atomic E-state index is 0.00846. The monoisotopic (exact) mass is 411 g/mol. The number of halogens is 1. The van der Waals surface area contributed by atoms with Crippen LogP contribution in [0.5, 0.6) is 0 Å². The van der Waals surface area contributed by atoms with Gasteiger partial charge in [0.2, 0.25) is 11.8 Å². The van der Waals surface area contributed by atoms with E-state index in [0.29, 0.717) is 31.0 Å². The molecule has 2 N–H and O–H groups in total. The van der Waals surface area contributed by atoms with Gasteiger partial charge in [0.1, 0.15) is 11.9 Å². The summed E-state index contributed by atoms with van der Waals surface area (Å²) in [5.41, 5.74) is 6.76. The molecular formula is C22H26FN5O2. The number of hydrogen-bond donors (Lipinski definition) is 1. The van der Waals surface area contributed by atoms with Crippen LogP contribution in [0.1, 0.15) is 37.8 Å². The molecule has 1 aromatic carbocycles. The van der Waals surface area contributed by atoms with E-state index in [1.807, 2.05) is 11.8 Å². The van der Waals surface area contributed by atoms with E-state index in [0.717, 1.165) is 12.8 Å². The van der Waals surface area contributed by atoms with Gasteiger partial charge in [0.25, 0.3) is 0 Å². The molecule has 3 heterocycles. The van der Waals surface area contributed by atoms with Crippen molar-refractivity contribution in [2.75, 3.05) is 13.1 Å². The van der Waals surface area contributed by atoms with Crippen molar-refractivity contribution >= 4 is 11.8 Å². The van der Waals surface area contributed by atoms with Crippen LogP contribution >= 0.6 is 0 Å². The van der Waals surface area contributed by atoms with Gasteiger partial charge in [0.05, 0.1) is 24.2 Å². The summed E-state index contributed by atoms with van der Waals surface area (Å²) < 4.78 is 14.2. The molecule has 3 aliphatic heterocycles. The second kappa shape index (κ2) is 7.03. The Labute approximate surface area is 175 Å². The van der Waals surface area contributed by atoms with Crippen LogP contribution in [-0.2, 0) is 9.59 Å². The summed E-state index contributed by atoms with van der Waals surface area (Å²) in [5, 5.41) is 9.33. The third-order valence-corrected chi connectivity index (χ3v) is 7.34. The summed E-state index contributed by atoms with van der Waals surface area (Å²) in [6.45, 7) is 2.79. The first-order valence-electron chi connectivity index (χ1n) is 10.7. The van der Waals surface area contributed by atoms with E-state index >= 15 is 0 Å². The molecule has 0 aromatic heterocycles. The summed E-state index contributed by atoms with van der Waals surface area (Å²) in [5.74, 6) is -0.0666. The average molecular weight is 411 g/mol. The molecule has 1 saturated carbocycles. The van der Waals surface area contributed by atoms with Crippen LogP contribution in [-0.4, -0.2) is 69.8 Å². The molecule has 8 heteroatoms. The van der Waals surface area contributed by atoms with Gasteiger partial charge < -0.3 is 15.5 Å². The SMILES string of the molecule is C[C@@H](c1ccccc1F)N1C(=O)C2CC1CN2CC(N)C(=O)N1C(C#N)CC2C[C@@H]21. The fourth-order valence-corrected chi connectivity index (χ4v) is 5.77. The Balaban J connectivity index is 1.24. The number of rotatable bonds is 5. The molecule has 0 spiro atoms. The molecule has 7 atom stereocenters. The zero-order valence-corrected chi connectivity index (χ0v) is 16.9. The Kier molecular flexibility index (Phi) is 4.56. The summed E-state index contributed by atoms with van der Waals surface area (Å²) in [6.07, 6.45) is 2.38. The number of nitrogens with zero attached hydrogens (tertiary/aromatic N) is 4. The largest absolute Gasteiger partial charge is 0.330 e. The van der Waals surface area contributed by atoms with E-state index in [-0.39, 0.29) is 47.8 Å². The molecule has 1 aliphatic carbocycles. The molecule has 0 radical (unpaired) electrons. The molecule has 5 rings (SSSR count). The molecular weight excluding hydrogens is 385 g/mol. The van der Waals surface area contributed by atoms with Crippen molar-refractivity contribution in [2.45, 2.75) is 62.4 Å². The van der Waals surface area contributed by atoms with E-state index in [4.69, 9.17) is 5.73 Å². The van der Waals surface area contributed by atoms with Gasteiger partial charge in [-0.05, 0) is 38.2 Å². The zero-order chi connectivity index (χ0) is 21.2. The fraction of sp³-hybridized carbons (Fsp3) is 0.591. The van der Waals surface area contributed by atoms with Crippen LogP contribution in [0.2, 0.25) is 0 Å². The van der Waals surface area contributed by atoms with Crippen LogP contribution in [0.25, 0.3) is 0 Å². The lowest BCUT2D eigenvalue weighted by Gasteiger charge is -2.38. The highest BCUT2D eigenvalue weighted by atomic mass is 19.1. The van der Waals surface area contributed by atoms with Crippen LogP contribution in [0.4, 0.5) is 4.39 Å². The minimum atomic E-state index is -0.746. The molecule has 2 bridgehead atoms. The molecule has 4 aliphatic rings. The summed E-state index contributed by atoms with van der Waals surface area (Å²) >= 11 is 0. The van der Waals surface area contributed by atoms with Gasteiger partial charge in [-0.1, -0.05) is 18.2 Å². The number of benzene rings is 1. The first-order chi connectivity index (χ1) is 14.4. The first kappa shape index (κ1) is 19.5. The first-order valence-corrected chi connectivity index (χ1v) is 10.7. The Bertz CT molecular complexity index is 932. The standard InChI is InChI=1S/C22H26FN5O2/c1-12(16-4-2-3-5-17(16)23)27-15-8-20(22(27)30)26(10-15)11-18(25)21(29)28-14(9-24)6-13-7-19(13)28/h2-5,12-15,18-20H,6-8,10-11,25H2,1H3/t12-,13?,14?,15?,18?,19-,20?/m0/s1. The Morgan fingerprint density at radius 1 is 1.33 bits per heavy atom. The van der Waals surface area contributed by atoms with E-state index in [9.17, 15) is 19.2 Å². The van der Waals surface area contributed by atoms with Crippen molar-refractivity contribution in [1.29, 1.82) is 5.26 Å². The van der Waals surface area contributed by atoms with Crippen LogP contribution in [0.15, 0.2) is 24.3 Å². The molecule has 3 saturated heterocycles. The van der Waals surface area contributed by atoms with Crippen molar-refractivity contribution in [3.05, 3.63) is 35.6 Å². The number of hydrogen-bond acceptors (Lipinski definition) is 5. The van der Waals surface area contributed by atoms with E-state index in [1.165, 1.54) is 6.07 Å². The van der Waals surface area contributed by atoms with Gasteiger partial charge in [-0.2, -0.15) is 5.26 Å². The van der Waals surface area contributed by atoms with E-state index < -0.39 is 6.04 Å². The van der Waals surface area contributed by atoms with Crippen molar-refractivity contribution in [1.82, 2.24) is 14.7 Å². The predicted molar refractivity (Wildman–Crippen MR) is 106 cm³/mol. The lowest BCUT2D eigenvalue weighted by Crippen LogP contribution is -2.57. The highest BCUT2D eigenvalue weighted by molar-refractivity contribution is 5.87. The van der Waals surface area contributed by atoms with Crippen LogP contribution in [0.3, 0.4) is 0 Å². The summed E-state index contributed by atoms with van der Waals surface area (Å²) in [4.78, 5) is 31.4. The maximum Gasteiger partial charge on any atom is 0.242 e. The van der Waals surface area contributed by atoms with Gasteiger partial charge in [-0.15, -0.1) is 0 Å². The highest BCUT2D eigenvalue weighted by Crippen LogP contribution is 2.48. The van der Waals surface area contributed by atoms with Gasteiger partial charge >= 0.3 is 0 Å². The predicted octanol–water partition coefficient (Wildman–Crippen LogP) is 1.01. The van der Waals surface area contributed by atoms with E-state index in [1.54, 1.807) is 28.0 Å². The molecule has 4 fully saturated rings. The zero-order valence-electron chi connectivity index (χ0n) is 16.9. The minimum Gasteiger partial charge on any atom is -0.330 e. The number of nitrogens with two attached hydrogens (primary N) is 1. The Morgan fingerprint density at radius 2 is 2.10 bits per heavy atom. The second-order valence-electron chi connectivity index (χ2n) is 9.10. The number of likely N-dealkylation sites (tertiary alicyclic amines) is 3. The smallest absolute Gasteiger partial charge is 0.242 e. The summed E-state index contributed by atoms with van der Waals surface area (Å²) in [6, 6.07) is 7.17. The number of piperidine rings is 1. The average Bonchev–Trinajstić information content (AvgIpc) is 3.07. The third-order valence-electron chi connectivity index (χ3n) is 7.34. The Hall–Kier alpha value is -2.50. The molecule has 158 valence electrons. The third kappa shape index (κ3) is 2.91. The topological polar surface area (TPSA) is 93.7 Å². The van der Waals surface area contributed by atoms with Crippen LogP contribution in [0, 0.1) is 23.1 Å². The van der Waals surface area contributed by atoms with Gasteiger partial charge in [-0.25, -0.2) is 4.39 Å². The highest BCUT2D eigenvalue weighted by Gasteiger charge is 2.56. The van der Waals surface area contributed by atoms with Gasteiger partial charge in [0, 0.05) is 30.7 Å². The normalized spacial score (nSPS) is 34.1. The number of amides is 2. The van der Waals surface area contributed by atoms with Gasteiger partial charge in [-0.3, -0.25) is 14.5 Å². The lowest BCUT2D eigenvalue weighted by atomic mass is 10.0. The second-order valence-corrected chi connectivity index (χ2v) is 9.10. The molecule has 7 nitrogen and oxygen atoms in total. The molecule has 30 heavy (non-hydrogen) atoms. The van der Waals surface area contributed by atoms with Crippen molar-refractivity contribution in [2.24, 2.45) is 11.7 Å². The maximum absolute atomic E-state index is 14.2. The number of carbonyl (C=O) groups excluding carboxylic acids is 2. The lowest BCUT2D eigenvalue weighted by molar-refractivity contribution is -0.141. The number of carbonyl (C=O) groups is 2.